The number of hydrogen-bond acceptors (Lipinski definition) is 6. The number of H-pyrrole nitrogens is 1. The number of aromatic amines is 1. The number of aromatic nitrogens is 2. The Morgan fingerprint density at radius 2 is 1.85 bits per heavy atom. The first-order chi connectivity index (χ1) is 16.1. The molecule has 3 aromatic rings. The Morgan fingerprint density at radius 1 is 1.09 bits per heavy atom. The van der Waals surface area contributed by atoms with Crippen LogP contribution in [-0.4, -0.2) is 59.6 Å². The van der Waals surface area contributed by atoms with Gasteiger partial charge in [-0.3, -0.25) is 9.89 Å². The van der Waals surface area contributed by atoms with Crippen LogP contribution in [0, 0.1) is 0 Å². The van der Waals surface area contributed by atoms with E-state index in [4.69, 9.17) is 14.2 Å². The van der Waals surface area contributed by atoms with Crippen LogP contribution in [0.25, 0.3) is 11.3 Å². The molecule has 0 radical (unpaired) electrons. The van der Waals surface area contributed by atoms with Crippen molar-refractivity contribution in [2.75, 3.05) is 33.5 Å². The summed E-state index contributed by atoms with van der Waals surface area (Å²) in [5, 5.41) is 17.8. The number of phenols is 1. The number of amides is 1. The van der Waals surface area contributed by atoms with Crippen LogP contribution in [-0.2, 0) is 4.74 Å². The second kappa shape index (κ2) is 9.95. The molecule has 33 heavy (non-hydrogen) atoms. The summed E-state index contributed by atoms with van der Waals surface area (Å²) in [6, 6.07) is 12.4. The van der Waals surface area contributed by atoms with Crippen molar-refractivity contribution in [2.24, 2.45) is 0 Å². The summed E-state index contributed by atoms with van der Waals surface area (Å²) in [4.78, 5) is 15.2. The Kier molecular flexibility index (Phi) is 6.84. The third-order valence-corrected chi connectivity index (χ3v) is 5.65. The molecule has 0 aliphatic carbocycles. The lowest BCUT2D eigenvalue weighted by Crippen LogP contribution is -2.31. The predicted molar refractivity (Wildman–Crippen MR) is 124 cm³/mol. The van der Waals surface area contributed by atoms with Crippen LogP contribution in [0.4, 0.5) is 0 Å². The molecule has 0 spiro atoms. The molecule has 174 valence electrons. The largest absolute Gasteiger partial charge is 0.507 e. The Balaban J connectivity index is 1.84. The van der Waals surface area contributed by atoms with Crippen LogP contribution in [0.5, 0.6) is 17.2 Å². The van der Waals surface area contributed by atoms with E-state index in [0.717, 1.165) is 11.1 Å². The average molecular weight is 452 g/mol. The number of nitrogens with one attached hydrogen (secondary N) is 1. The van der Waals surface area contributed by atoms with Gasteiger partial charge in [0.05, 0.1) is 19.3 Å². The van der Waals surface area contributed by atoms with Crippen molar-refractivity contribution in [3.8, 4) is 28.5 Å². The zero-order valence-electron chi connectivity index (χ0n) is 19.1. The van der Waals surface area contributed by atoms with E-state index in [-0.39, 0.29) is 11.7 Å². The number of rotatable bonds is 10. The molecule has 8 heteroatoms. The first kappa shape index (κ1) is 22.7. The maximum Gasteiger partial charge on any atom is 0.273 e. The van der Waals surface area contributed by atoms with Crippen molar-refractivity contribution in [3.05, 3.63) is 59.3 Å². The summed E-state index contributed by atoms with van der Waals surface area (Å²) in [5.41, 5.74) is 3.18. The molecule has 1 unspecified atom stereocenters. The molecule has 2 heterocycles. The van der Waals surface area contributed by atoms with Gasteiger partial charge in [-0.25, -0.2) is 0 Å². The number of phenolic OH excluding ortho intramolecular Hbond substituents is 1. The third-order valence-electron chi connectivity index (χ3n) is 5.65. The summed E-state index contributed by atoms with van der Waals surface area (Å²) in [6.07, 6.45) is 0.692. The van der Waals surface area contributed by atoms with Crippen LogP contribution in [0.1, 0.15) is 47.9 Å². The van der Waals surface area contributed by atoms with Gasteiger partial charge in [-0.2, -0.15) is 5.10 Å². The van der Waals surface area contributed by atoms with Crippen LogP contribution in [0.2, 0.25) is 0 Å². The fourth-order valence-corrected chi connectivity index (χ4v) is 4.27. The quantitative estimate of drug-likeness (QED) is 0.449. The van der Waals surface area contributed by atoms with Crippen molar-refractivity contribution in [2.45, 2.75) is 26.3 Å². The van der Waals surface area contributed by atoms with Gasteiger partial charge in [0.2, 0.25) is 0 Å². The fraction of sp³-hybridized carbons (Fsp3) is 0.360. The van der Waals surface area contributed by atoms with E-state index in [1.54, 1.807) is 25.3 Å². The Labute approximate surface area is 193 Å². The highest BCUT2D eigenvalue weighted by Crippen LogP contribution is 2.45. The minimum atomic E-state index is -0.396. The Hall–Kier alpha value is -3.52. The van der Waals surface area contributed by atoms with Gasteiger partial charge in [-0.15, -0.1) is 0 Å². The fourth-order valence-electron chi connectivity index (χ4n) is 4.27. The van der Waals surface area contributed by atoms with Crippen molar-refractivity contribution in [1.29, 1.82) is 0 Å². The SMILES string of the molecule is CCOc1ccc(C2c3c(-c4ccccc4O)n[nH]c3C(=O)N2CCCOC)cc1OCC. The molecule has 0 bridgehead atoms. The summed E-state index contributed by atoms with van der Waals surface area (Å²) >= 11 is 0. The normalized spacial score (nSPS) is 15.1. The van der Waals surface area contributed by atoms with Gasteiger partial charge < -0.3 is 24.2 Å². The van der Waals surface area contributed by atoms with Crippen molar-refractivity contribution in [1.82, 2.24) is 15.1 Å². The number of carbonyl (C=O) groups is 1. The second-order valence-electron chi connectivity index (χ2n) is 7.70. The molecular formula is C25H29N3O5. The van der Waals surface area contributed by atoms with E-state index in [2.05, 4.69) is 10.2 Å². The van der Waals surface area contributed by atoms with E-state index in [9.17, 15) is 9.90 Å². The standard InChI is InChI=1S/C25H29N3O5/c1-4-32-19-12-11-16(15-20(19)33-5-2)24-21-22(17-9-6-7-10-18(17)29)26-27-23(21)25(30)28(24)13-8-14-31-3/h6-7,9-12,15,24,29H,4-5,8,13-14H2,1-3H3,(H,26,27). The van der Waals surface area contributed by atoms with Crippen molar-refractivity contribution in [3.63, 3.8) is 0 Å². The predicted octanol–water partition coefficient (Wildman–Crippen LogP) is 4.16. The number of methoxy groups -OCH3 is 1. The van der Waals surface area contributed by atoms with E-state index in [1.165, 1.54) is 0 Å². The van der Waals surface area contributed by atoms with Gasteiger partial charge >= 0.3 is 0 Å². The highest BCUT2D eigenvalue weighted by atomic mass is 16.5. The molecule has 0 saturated heterocycles. The van der Waals surface area contributed by atoms with Crippen molar-refractivity contribution >= 4 is 5.91 Å². The van der Waals surface area contributed by atoms with Gasteiger partial charge in [-0.1, -0.05) is 18.2 Å². The van der Waals surface area contributed by atoms with Gasteiger partial charge in [0.15, 0.2) is 11.5 Å². The molecule has 2 aromatic carbocycles. The molecule has 0 fully saturated rings. The first-order valence-electron chi connectivity index (χ1n) is 11.2. The maximum absolute atomic E-state index is 13.4. The number of ether oxygens (including phenoxy) is 3. The lowest BCUT2D eigenvalue weighted by atomic mass is 9.95. The molecule has 1 aliphatic rings. The minimum absolute atomic E-state index is 0.109. The highest BCUT2D eigenvalue weighted by molar-refractivity contribution is 6.00. The summed E-state index contributed by atoms with van der Waals surface area (Å²) in [7, 11) is 1.65. The number of carbonyl (C=O) groups excluding carboxylic acids is 1. The van der Waals surface area contributed by atoms with Gasteiger partial charge in [0, 0.05) is 31.4 Å². The van der Waals surface area contributed by atoms with Gasteiger partial charge in [0.1, 0.15) is 17.1 Å². The number of aromatic hydroxyl groups is 1. The van der Waals surface area contributed by atoms with E-state index in [0.29, 0.717) is 61.2 Å². The smallest absolute Gasteiger partial charge is 0.273 e. The molecule has 1 atom stereocenters. The zero-order chi connectivity index (χ0) is 23.4. The first-order valence-corrected chi connectivity index (χ1v) is 11.2. The lowest BCUT2D eigenvalue weighted by Gasteiger charge is -2.27. The topological polar surface area (TPSA) is 96.9 Å². The lowest BCUT2D eigenvalue weighted by molar-refractivity contribution is 0.0723. The number of hydrogen-bond donors (Lipinski definition) is 2. The number of benzene rings is 2. The zero-order valence-corrected chi connectivity index (χ0v) is 19.1. The summed E-state index contributed by atoms with van der Waals surface area (Å²) < 4.78 is 16.8. The van der Waals surface area contributed by atoms with Gasteiger partial charge in [0.25, 0.3) is 5.91 Å². The molecule has 1 aromatic heterocycles. The Morgan fingerprint density at radius 3 is 2.58 bits per heavy atom. The van der Waals surface area contributed by atoms with Crippen LogP contribution in [0.3, 0.4) is 0 Å². The molecule has 4 rings (SSSR count). The van der Waals surface area contributed by atoms with E-state index < -0.39 is 6.04 Å². The van der Waals surface area contributed by atoms with Crippen LogP contribution < -0.4 is 9.47 Å². The van der Waals surface area contributed by atoms with Crippen LogP contribution >= 0.6 is 0 Å². The monoisotopic (exact) mass is 451 g/mol. The summed E-state index contributed by atoms with van der Waals surface area (Å²) in [6.45, 7) is 5.91. The minimum Gasteiger partial charge on any atom is -0.507 e. The number of para-hydroxylation sites is 1. The summed E-state index contributed by atoms with van der Waals surface area (Å²) in [5.74, 6) is 1.26. The number of fused-ring (bicyclic) bond motifs is 1. The van der Waals surface area contributed by atoms with Gasteiger partial charge in [-0.05, 0) is 50.1 Å². The highest BCUT2D eigenvalue weighted by Gasteiger charge is 2.42. The molecule has 0 saturated carbocycles. The van der Waals surface area contributed by atoms with Crippen LogP contribution in [0.15, 0.2) is 42.5 Å². The third kappa shape index (κ3) is 4.26. The number of nitrogens with zero attached hydrogens (tertiary/aromatic N) is 2. The molecule has 1 aliphatic heterocycles. The molecule has 1 amide bonds. The molecule has 8 nitrogen and oxygen atoms in total. The molecular weight excluding hydrogens is 422 g/mol. The Bertz CT molecular complexity index is 1130. The maximum atomic E-state index is 13.4. The average Bonchev–Trinajstić information content (AvgIpc) is 3.35. The van der Waals surface area contributed by atoms with E-state index in [1.807, 2.05) is 43.0 Å². The second-order valence-corrected chi connectivity index (χ2v) is 7.70. The van der Waals surface area contributed by atoms with E-state index >= 15 is 0 Å². The van der Waals surface area contributed by atoms with Crippen molar-refractivity contribution < 1.29 is 24.1 Å². The molecule has 2 N–H and O–H groups in total.